The summed E-state index contributed by atoms with van der Waals surface area (Å²) in [4.78, 5) is 31.7. The van der Waals surface area contributed by atoms with E-state index in [-0.39, 0.29) is 24.2 Å². The molecule has 2 heterocycles. The number of carbonyl (C=O) groups is 1. The minimum absolute atomic E-state index is 0.0176. The van der Waals surface area contributed by atoms with Crippen molar-refractivity contribution in [3.05, 3.63) is 27.1 Å². The molecule has 0 bridgehead atoms. The van der Waals surface area contributed by atoms with Crippen LogP contribution < -0.4 is 5.56 Å². The van der Waals surface area contributed by atoms with Crippen molar-refractivity contribution in [3.8, 4) is 0 Å². The molecule has 0 spiro atoms. The van der Waals surface area contributed by atoms with Crippen LogP contribution in [-0.2, 0) is 28.9 Å². The molecular formula is C19H24N2O3S. The van der Waals surface area contributed by atoms with Crippen molar-refractivity contribution in [1.29, 1.82) is 0 Å². The number of hydrogen-bond acceptors (Lipinski definition) is 5. The predicted octanol–water partition coefficient (Wildman–Crippen LogP) is 3.46. The normalized spacial score (nSPS) is 21.2. The first-order valence-electron chi connectivity index (χ1n) is 9.31. The Labute approximate surface area is 151 Å². The number of aryl methyl sites for hydroxylation is 1. The smallest absolute Gasteiger partial charge is 0.326 e. The summed E-state index contributed by atoms with van der Waals surface area (Å²) in [6.45, 7) is 2.21. The van der Waals surface area contributed by atoms with Crippen LogP contribution in [0.1, 0.15) is 55.9 Å². The van der Waals surface area contributed by atoms with Gasteiger partial charge in [-0.05, 0) is 56.4 Å². The van der Waals surface area contributed by atoms with Crippen molar-refractivity contribution < 1.29 is 9.53 Å². The SMILES string of the molecule is CC1CCc2c(sc3ncn(CC(=O)OC4CCCCC4)c(=O)c23)C1. The molecule has 2 aliphatic rings. The van der Waals surface area contributed by atoms with Crippen LogP contribution in [-0.4, -0.2) is 21.6 Å². The quantitative estimate of drug-likeness (QED) is 0.787. The summed E-state index contributed by atoms with van der Waals surface area (Å²) in [5.74, 6) is 0.334. The van der Waals surface area contributed by atoms with Gasteiger partial charge in [0.2, 0.25) is 0 Å². The Balaban J connectivity index is 1.57. The van der Waals surface area contributed by atoms with E-state index in [1.165, 1.54) is 22.2 Å². The second-order valence-corrected chi connectivity index (χ2v) is 8.54. The van der Waals surface area contributed by atoms with Crippen LogP contribution in [0, 0.1) is 5.92 Å². The molecule has 2 aromatic rings. The molecular weight excluding hydrogens is 336 g/mol. The number of esters is 1. The van der Waals surface area contributed by atoms with Gasteiger partial charge in [-0.1, -0.05) is 13.3 Å². The lowest BCUT2D eigenvalue weighted by molar-refractivity contribution is -0.151. The predicted molar refractivity (Wildman–Crippen MR) is 98.0 cm³/mol. The maximum absolute atomic E-state index is 12.9. The van der Waals surface area contributed by atoms with Gasteiger partial charge in [0, 0.05) is 4.88 Å². The number of rotatable bonds is 3. The van der Waals surface area contributed by atoms with Gasteiger partial charge in [0.1, 0.15) is 17.5 Å². The Bertz CT molecular complexity index is 848. The third-order valence-corrected chi connectivity index (χ3v) is 6.59. The van der Waals surface area contributed by atoms with Crippen LogP contribution in [0.4, 0.5) is 0 Å². The maximum atomic E-state index is 12.9. The molecule has 134 valence electrons. The number of thiophene rings is 1. The van der Waals surface area contributed by atoms with Crippen LogP contribution in [0.3, 0.4) is 0 Å². The maximum Gasteiger partial charge on any atom is 0.326 e. The molecule has 1 unspecified atom stereocenters. The topological polar surface area (TPSA) is 61.2 Å². The zero-order chi connectivity index (χ0) is 17.4. The molecule has 4 rings (SSSR count). The first kappa shape index (κ1) is 16.8. The van der Waals surface area contributed by atoms with Crippen molar-refractivity contribution in [1.82, 2.24) is 9.55 Å². The lowest BCUT2D eigenvalue weighted by Crippen LogP contribution is -2.29. The van der Waals surface area contributed by atoms with Gasteiger partial charge < -0.3 is 4.74 Å². The number of fused-ring (bicyclic) bond motifs is 3. The highest BCUT2D eigenvalue weighted by Crippen LogP contribution is 2.35. The van der Waals surface area contributed by atoms with Crippen LogP contribution >= 0.6 is 11.3 Å². The van der Waals surface area contributed by atoms with E-state index in [0.717, 1.165) is 60.7 Å². The summed E-state index contributed by atoms with van der Waals surface area (Å²) in [5.41, 5.74) is 1.06. The Morgan fingerprint density at radius 1 is 1.32 bits per heavy atom. The van der Waals surface area contributed by atoms with Gasteiger partial charge in [0.15, 0.2) is 0 Å². The molecule has 1 fully saturated rings. The van der Waals surface area contributed by atoms with Crippen LogP contribution in [0.15, 0.2) is 11.1 Å². The molecule has 5 nitrogen and oxygen atoms in total. The molecule has 2 aromatic heterocycles. The lowest BCUT2D eigenvalue weighted by Gasteiger charge is -2.21. The third-order valence-electron chi connectivity index (χ3n) is 5.43. The highest BCUT2D eigenvalue weighted by atomic mass is 32.1. The van der Waals surface area contributed by atoms with E-state index in [2.05, 4.69) is 11.9 Å². The Kier molecular flexibility index (Phi) is 4.63. The van der Waals surface area contributed by atoms with E-state index >= 15 is 0 Å². The zero-order valence-corrected chi connectivity index (χ0v) is 15.4. The standard InChI is InChI=1S/C19H24N2O3S/c1-12-7-8-14-15(9-12)25-18-17(14)19(23)21(11-20-18)10-16(22)24-13-5-3-2-4-6-13/h11-13H,2-10H2,1H3. The van der Waals surface area contributed by atoms with E-state index in [4.69, 9.17) is 4.74 Å². The van der Waals surface area contributed by atoms with Crippen molar-refractivity contribution in [2.45, 2.75) is 70.9 Å². The molecule has 0 saturated heterocycles. The van der Waals surface area contributed by atoms with E-state index in [1.807, 2.05) is 0 Å². The Hall–Kier alpha value is -1.69. The lowest BCUT2D eigenvalue weighted by atomic mass is 9.89. The van der Waals surface area contributed by atoms with Gasteiger partial charge >= 0.3 is 5.97 Å². The molecule has 1 saturated carbocycles. The van der Waals surface area contributed by atoms with Crippen LogP contribution in [0.25, 0.3) is 10.2 Å². The average molecular weight is 360 g/mol. The molecule has 1 atom stereocenters. The van der Waals surface area contributed by atoms with Crippen molar-refractivity contribution in [3.63, 3.8) is 0 Å². The molecule has 0 N–H and O–H groups in total. The summed E-state index contributed by atoms with van der Waals surface area (Å²) in [6.07, 6.45) is 9.91. The van der Waals surface area contributed by atoms with Gasteiger partial charge in [-0.25, -0.2) is 4.98 Å². The van der Waals surface area contributed by atoms with Gasteiger partial charge in [0.05, 0.1) is 11.7 Å². The van der Waals surface area contributed by atoms with Crippen molar-refractivity contribution in [2.24, 2.45) is 5.92 Å². The van der Waals surface area contributed by atoms with Gasteiger partial charge in [0.25, 0.3) is 5.56 Å². The monoisotopic (exact) mass is 360 g/mol. The third kappa shape index (κ3) is 3.36. The summed E-state index contributed by atoms with van der Waals surface area (Å²) in [7, 11) is 0. The number of carbonyl (C=O) groups excluding carboxylic acids is 1. The summed E-state index contributed by atoms with van der Waals surface area (Å²) in [6, 6.07) is 0. The van der Waals surface area contributed by atoms with E-state index in [1.54, 1.807) is 11.3 Å². The summed E-state index contributed by atoms with van der Waals surface area (Å²) in [5, 5.41) is 0.722. The highest BCUT2D eigenvalue weighted by Gasteiger charge is 2.24. The molecule has 0 aromatic carbocycles. The second-order valence-electron chi connectivity index (χ2n) is 7.46. The molecule has 2 aliphatic carbocycles. The first-order chi connectivity index (χ1) is 12.1. The zero-order valence-electron chi connectivity index (χ0n) is 14.6. The number of nitrogens with zero attached hydrogens (tertiary/aromatic N) is 2. The Morgan fingerprint density at radius 2 is 2.12 bits per heavy atom. The van der Waals surface area contributed by atoms with E-state index in [9.17, 15) is 9.59 Å². The van der Waals surface area contributed by atoms with Crippen LogP contribution in [0.5, 0.6) is 0 Å². The largest absolute Gasteiger partial charge is 0.461 e. The minimum atomic E-state index is -0.326. The van der Waals surface area contributed by atoms with E-state index in [0.29, 0.717) is 5.92 Å². The molecule has 0 radical (unpaired) electrons. The minimum Gasteiger partial charge on any atom is -0.461 e. The number of aromatic nitrogens is 2. The molecule has 25 heavy (non-hydrogen) atoms. The number of hydrogen-bond donors (Lipinski definition) is 0. The second kappa shape index (κ2) is 6.90. The summed E-state index contributed by atoms with van der Waals surface area (Å²) < 4.78 is 6.96. The van der Waals surface area contributed by atoms with Crippen molar-refractivity contribution in [2.75, 3.05) is 0 Å². The van der Waals surface area contributed by atoms with Gasteiger partial charge in [-0.2, -0.15) is 0 Å². The fourth-order valence-electron chi connectivity index (χ4n) is 4.02. The average Bonchev–Trinajstić information content (AvgIpc) is 2.96. The van der Waals surface area contributed by atoms with Gasteiger partial charge in [-0.15, -0.1) is 11.3 Å². The number of ether oxygens (including phenoxy) is 1. The fraction of sp³-hybridized carbons (Fsp3) is 0.632. The first-order valence-corrected chi connectivity index (χ1v) is 10.1. The van der Waals surface area contributed by atoms with E-state index < -0.39 is 0 Å². The molecule has 0 aliphatic heterocycles. The summed E-state index contributed by atoms with van der Waals surface area (Å²) >= 11 is 1.63. The van der Waals surface area contributed by atoms with Crippen molar-refractivity contribution >= 4 is 27.5 Å². The van der Waals surface area contributed by atoms with Gasteiger partial charge in [-0.3, -0.25) is 14.2 Å². The molecule has 6 heteroatoms. The fourth-order valence-corrected chi connectivity index (χ4v) is 5.36. The Morgan fingerprint density at radius 3 is 2.92 bits per heavy atom. The van der Waals surface area contributed by atoms with Crippen LogP contribution in [0.2, 0.25) is 0 Å². The highest BCUT2D eigenvalue weighted by molar-refractivity contribution is 7.18. The molecule has 0 amide bonds.